The highest BCUT2D eigenvalue weighted by Crippen LogP contribution is 2.21. The summed E-state index contributed by atoms with van der Waals surface area (Å²) in [6.07, 6.45) is 2.20. The van der Waals surface area contributed by atoms with Crippen molar-refractivity contribution in [2.75, 3.05) is 5.33 Å². The molecule has 1 aromatic rings. The summed E-state index contributed by atoms with van der Waals surface area (Å²) in [6.45, 7) is 2.04. The van der Waals surface area contributed by atoms with E-state index in [2.05, 4.69) is 28.1 Å². The molecule has 0 aromatic heterocycles. The van der Waals surface area contributed by atoms with Crippen LogP contribution in [0.5, 0.6) is 0 Å². The standard InChI is InChI=1S/C10H12BrCl/c1-8-4-2-5-9(10(8)12)6-3-7-11/h2,4-5H,3,6-7H2,1H3. The Kier molecular flexibility index (Phi) is 4.10. The molecule has 0 aliphatic rings. The number of hydrogen-bond acceptors (Lipinski definition) is 0. The molecule has 2 heteroatoms. The number of hydrogen-bond donors (Lipinski definition) is 0. The molecule has 0 amide bonds. The Labute approximate surface area is 87.1 Å². The molecule has 0 aliphatic carbocycles. The number of aryl methyl sites for hydroxylation is 2. The Morgan fingerprint density at radius 2 is 2.17 bits per heavy atom. The maximum atomic E-state index is 6.11. The van der Waals surface area contributed by atoms with E-state index < -0.39 is 0 Å². The van der Waals surface area contributed by atoms with E-state index in [1.165, 1.54) is 11.1 Å². The third-order valence-corrected chi connectivity index (χ3v) is 2.95. The van der Waals surface area contributed by atoms with Crippen molar-refractivity contribution in [3.8, 4) is 0 Å². The first kappa shape index (κ1) is 10.1. The van der Waals surface area contributed by atoms with E-state index in [4.69, 9.17) is 11.6 Å². The second-order valence-electron chi connectivity index (χ2n) is 2.84. The first-order valence-electron chi connectivity index (χ1n) is 4.05. The van der Waals surface area contributed by atoms with Crippen LogP contribution in [0.2, 0.25) is 5.02 Å². The Morgan fingerprint density at radius 1 is 1.42 bits per heavy atom. The van der Waals surface area contributed by atoms with Crippen molar-refractivity contribution in [1.29, 1.82) is 0 Å². The minimum absolute atomic E-state index is 0.929. The first-order chi connectivity index (χ1) is 5.75. The Morgan fingerprint density at radius 3 is 2.83 bits per heavy atom. The van der Waals surface area contributed by atoms with Crippen LogP contribution < -0.4 is 0 Å². The van der Waals surface area contributed by atoms with Gasteiger partial charge in [-0.15, -0.1) is 0 Å². The molecule has 0 nitrogen and oxygen atoms in total. The van der Waals surface area contributed by atoms with Gasteiger partial charge in [0.25, 0.3) is 0 Å². The van der Waals surface area contributed by atoms with Gasteiger partial charge in [-0.3, -0.25) is 0 Å². The summed E-state index contributed by atoms with van der Waals surface area (Å²) in [5.41, 5.74) is 2.43. The molecular formula is C10H12BrCl. The summed E-state index contributed by atoms with van der Waals surface area (Å²) >= 11 is 9.52. The lowest BCUT2D eigenvalue weighted by molar-refractivity contribution is 0.938. The predicted molar refractivity (Wildman–Crippen MR) is 58.3 cm³/mol. The topological polar surface area (TPSA) is 0 Å². The second-order valence-corrected chi connectivity index (χ2v) is 4.01. The second kappa shape index (κ2) is 4.88. The zero-order valence-electron chi connectivity index (χ0n) is 7.11. The normalized spacial score (nSPS) is 10.2. The Balaban J connectivity index is 2.78. The van der Waals surface area contributed by atoms with E-state index in [0.717, 1.165) is 23.2 Å². The number of benzene rings is 1. The third-order valence-electron chi connectivity index (χ3n) is 1.85. The summed E-state index contributed by atoms with van der Waals surface area (Å²) in [5, 5.41) is 1.97. The van der Waals surface area contributed by atoms with Gasteiger partial charge in [-0.25, -0.2) is 0 Å². The van der Waals surface area contributed by atoms with Gasteiger partial charge < -0.3 is 0 Å². The molecular weight excluding hydrogens is 235 g/mol. The van der Waals surface area contributed by atoms with Crippen molar-refractivity contribution in [3.05, 3.63) is 34.3 Å². The van der Waals surface area contributed by atoms with Crippen molar-refractivity contribution in [2.24, 2.45) is 0 Å². The predicted octanol–water partition coefficient (Wildman–Crippen LogP) is 3.98. The van der Waals surface area contributed by atoms with Gasteiger partial charge in [0.2, 0.25) is 0 Å². The van der Waals surface area contributed by atoms with Gasteiger partial charge in [0.05, 0.1) is 0 Å². The highest BCUT2D eigenvalue weighted by molar-refractivity contribution is 9.09. The van der Waals surface area contributed by atoms with Crippen LogP contribution in [0, 0.1) is 6.92 Å². The molecule has 0 saturated heterocycles. The van der Waals surface area contributed by atoms with Crippen LogP contribution >= 0.6 is 27.5 Å². The fraction of sp³-hybridized carbons (Fsp3) is 0.400. The third kappa shape index (κ3) is 2.49. The average molecular weight is 248 g/mol. The van der Waals surface area contributed by atoms with Crippen LogP contribution in [0.1, 0.15) is 17.5 Å². The van der Waals surface area contributed by atoms with E-state index >= 15 is 0 Å². The monoisotopic (exact) mass is 246 g/mol. The van der Waals surface area contributed by atoms with Crippen LogP contribution in [-0.4, -0.2) is 5.33 Å². The molecule has 0 fully saturated rings. The summed E-state index contributed by atoms with van der Waals surface area (Å²) in [4.78, 5) is 0. The van der Waals surface area contributed by atoms with E-state index in [1.54, 1.807) is 0 Å². The molecule has 0 bridgehead atoms. The first-order valence-corrected chi connectivity index (χ1v) is 5.55. The molecule has 1 aromatic carbocycles. The van der Waals surface area contributed by atoms with E-state index in [1.807, 2.05) is 13.0 Å². The fourth-order valence-electron chi connectivity index (χ4n) is 1.16. The number of alkyl halides is 1. The minimum atomic E-state index is 0.929. The Bertz CT molecular complexity index is 258. The summed E-state index contributed by atoms with van der Waals surface area (Å²) in [6, 6.07) is 6.20. The maximum Gasteiger partial charge on any atom is 0.0467 e. The van der Waals surface area contributed by atoms with Crippen LogP contribution in [0.25, 0.3) is 0 Å². The highest BCUT2D eigenvalue weighted by atomic mass is 79.9. The van der Waals surface area contributed by atoms with Crippen LogP contribution in [0.3, 0.4) is 0 Å². The smallest absolute Gasteiger partial charge is 0.0467 e. The van der Waals surface area contributed by atoms with E-state index in [0.29, 0.717) is 0 Å². The van der Waals surface area contributed by atoms with Gasteiger partial charge in [0.15, 0.2) is 0 Å². The van der Waals surface area contributed by atoms with Gasteiger partial charge >= 0.3 is 0 Å². The molecule has 12 heavy (non-hydrogen) atoms. The van der Waals surface area contributed by atoms with Gasteiger partial charge in [-0.2, -0.15) is 0 Å². The van der Waals surface area contributed by atoms with Crippen molar-refractivity contribution < 1.29 is 0 Å². The molecule has 0 saturated carbocycles. The lowest BCUT2D eigenvalue weighted by Gasteiger charge is -2.04. The molecule has 0 aliphatic heterocycles. The Hall–Kier alpha value is -0.0100. The SMILES string of the molecule is Cc1cccc(CCCBr)c1Cl. The fourth-order valence-corrected chi connectivity index (χ4v) is 1.66. The number of halogens is 2. The molecule has 66 valence electrons. The van der Waals surface area contributed by atoms with Crippen molar-refractivity contribution in [2.45, 2.75) is 19.8 Å². The molecule has 0 atom stereocenters. The zero-order chi connectivity index (χ0) is 8.97. The highest BCUT2D eigenvalue weighted by Gasteiger charge is 2.01. The zero-order valence-corrected chi connectivity index (χ0v) is 9.45. The molecule has 0 radical (unpaired) electrons. The quantitative estimate of drug-likeness (QED) is 0.709. The summed E-state index contributed by atoms with van der Waals surface area (Å²) in [5.74, 6) is 0. The van der Waals surface area contributed by atoms with E-state index in [-0.39, 0.29) is 0 Å². The summed E-state index contributed by atoms with van der Waals surface area (Å²) in [7, 11) is 0. The van der Waals surface area contributed by atoms with Gasteiger partial charge in [-0.1, -0.05) is 45.7 Å². The molecule has 0 heterocycles. The lowest BCUT2D eigenvalue weighted by Crippen LogP contribution is -1.89. The van der Waals surface area contributed by atoms with Crippen LogP contribution in [0.4, 0.5) is 0 Å². The average Bonchev–Trinajstić information content (AvgIpc) is 2.08. The minimum Gasteiger partial charge on any atom is -0.0928 e. The summed E-state index contributed by atoms with van der Waals surface area (Å²) < 4.78 is 0. The van der Waals surface area contributed by atoms with Crippen molar-refractivity contribution >= 4 is 27.5 Å². The molecule has 0 unspecified atom stereocenters. The maximum absolute atomic E-state index is 6.11. The molecule has 1 rings (SSSR count). The van der Waals surface area contributed by atoms with Gasteiger partial charge in [0, 0.05) is 10.4 Å². The van der Waals surface area contributed by atoms with Crippen LogP contribution in [-0.2, 0) is 6.42 Å². The van der Waals surface area contributed by atoms with Crippen molar-refractivity contribution in [3.63, 3.8) is 0 Å². The molecule has 0 spiro atoms. The van der Waals surface area contributed by atoms with E-state index in [9.17, 15) is 0 Å². The molecule has 0 N–H and O–H groups in total. The largest absolute Gasteiger partial charge is 0.0928 e. The van der Waals surface area contributed by atoms with Gasteiger partial charge in [0.1, 0.15) is 0 Å². The van der Waals surface area contributed by atoms with Crippen LogP contribution in [0.15, 0.2) is 18.2 Å². The van der Waals surface area contributed by atoms with Gasteiger partial charge in [-0.05, 0) is 30.9 Å². The lowest BCUT2D eigenvalue weighted by atomic mass is 10.1. The van der Waals surface area contributed by atoms with Crippen molar-refractivity contribution in [1.82, 2.24) is 0 Å². The number of rotatable bonds is 3.